The first kappa shape index (κ1) is 14.9. The normalized spacial score (nSPS) is 23.4. The lowest BCUT2D eigenvalue weighted by Crippen LogP contribution is -2.51. The first-order valence-electron chi connectivity index (χ1n) is 8.23. The molecule has 1 saturated heterocycles. The van der Waals surface area contributed by atoms with E-state index in [4.69, 9.17) is 12.2 Å². The fraction of sp³-hybridized carbons (Fsp3) is 0.611. The van der Waals surface area contributed by atoms with E-state index in [1.54, 1.807) is 0 Å². The van der Waals surface area contributed by atoms with Gasteiger partial charge in [0.05, 0.1) is 11.2 Å². The van der Waals surface area contributed by atoms with Gasteiger partial charge in [-0.2, -0.15) is 0 Å². The molecule has 0 atom stereocenters. The molecule has 0 N–H and O–H groups in total. The van der Waals surface area contributed by atoms with E-state index in [0.29, 0.717) is 6.04 Å². The van der Waals surface area contributed by atoms with Crippen LogP contribution in [0.2, 0.25) is 0 Å². The Morgan fingerprint density at radius 2 is 1.71 bits per heavy atom. The summed E-state index contributed by atoms with van der Waals surface area (Å²) in [5.41, 5.74) is 1.78. The quantitative estimate of drug-likeness (QED) is 0.607. The zero-order valence-corrected chi connectivity index (χ0v) is 13.4. The van der Waals surface area contributed by atoms with E-state index < -0.39 is 0 Å². The zero-order valence-electron chi connectivity index (χ0n) is 12.6. The molecular weight excluding hydrogens is 276 g/mol. The van der Waals surface area contributed by atoms with Gasteiger partial charge in [-0.25, -0.2) is 4.99 Å². The average molecular weight is 300 g/mol. The molecule has 0 amide bonds. The standard InChI is InChI=1S/C18H24N2S/c21-15-19-17-9-13-20(14-10-17)18(11-5-2-6-12-18)16-7-3-1-4-8-16/h1,3-4,7-8,17H,2,5-6,9-14H2. The highest BCUT2D eigenvalue weighted by molar-refractivity contribution is 7.78. The summed E-state index contributed by atoms with van der Waals surface area (Å²) in [5, 5.41) is 2.56. The van der Waals surface area contributed by atoms with Crippen molar-refractivity contribution in [2.45, 2.75) is 56.5 Å². The van der Waals surface area contributed by atoms with Crippen molar-refractivity contribution in [3.05, 3.63) is 35.9 Å². The summed E-state index contributed by atoms with van der Waals surface area (Å²) in [6.07, 6.45) is 8.95. The van der Waals surface area contributed by atoms with Gasteiger partial charge in [-0.05, 0) is 43.5 Å². The second kappa shape index (κ2) is 6.83. The maximum atomic E-state index is 4.76. The van der Waals surface area contributed by atoms with Gasteiger partial charge in [0.15, 0.2) is 0 Å². The fourth-order valence-electron chi connectivity index (χ4n) is 4.17. The molecule has 0 unspecified atom stereocenters. The van der Waals surface area contributed by atoms with Crippen molar-refractivity contribution in [2.75, 3.05) is 13.1 Å². The van der Waals surface area contributed by atoms with E-state index in [1.165, 1.54) is 37.7 Å². The number of piperidine rings is 1. The van der Waals surface area contributed by atoms with Crippen molar-refractivity contribution in [3.8, 4) is 0 Å². The highest BCUT2D eigenvalue weighted by Gasteiger charge is 2.40. The van der Waals surface area contributed by atoms with Crippen LogP contribution in [0.25, 0.3) is 0 Å². The number of hydrogen-bond acceptors (Lipinski definition) is 3. The Labute approximate surface area is 133 Å². The van der Waals surface area contributed by atoms with Gasteiger partial charge in [-0.1, -0.05) is 49.6 Å². The van der Waals surface area contributed by atoms with Crippen LogP contribution in [-0.2, 0) is 5.54 Å². The van der Waals surface area contributed by atoms with Crippen molar-refractivity contribution >= 4 is 17.4 Å². The van der Waals surface area contributed by atoms with Crippen LogP contribution < -0.4 is 0 Å². The number of aliphatic imine (C=N–C) groups is 1. The molecule has 3 heteroatoms. The summed E-state index contributed by atoms with van der Waals surface area (Å²) in [5.74, 6) is 0. The third-order valence-corrected chi connectivity index (χ3v) is 5.40. The minimum Gasteiger partial charge on any atom is -0.293 e. The lowest BCUT2D eigenvalue weighted by atomic mass is 9.74. The molecule has 0 aromatic heterocycles. The van der Waals surface area contributed by atoms with Crippen LogP contribution in [0.1, 0.15) is 50.5 Å². The molecule has 21 heavy (non-hydrogen) atoms. The van der Waals surface area contributed by atoms with Gasteiger partial charge in [-0.3, -0.25) is 4.90 Å². The smallest absolute Gasteiger partial charge is 0.0627 e. The van der Waals surface area contributed by atoms with Gasteiger partial charge in [0, 0.05) is 18.6 Å². The first-order chi connectivity index (χ1) is 10.3. The van der Waals surface area contributed by atoms with Gasteiger partial charge in [0.1, 0.15) is 0 Å². The van der Waals surface area contributed by atoms with Crippen LogP contribution in [0.4, 0.5) is 0 Å². The van der Waals surface area contributed by atoms with Crippen LogP contribution in [0.15, 0.2) is 35.3 Å². The number of hydrogen-bond donors (Lipinski definition) is 0. The Balaban J connectivity index is 1.82. The molecule has 1 aliphatic heterocycles. The fourth-order valence-corrected chi connectivity index (χ4v) is 4.32. The first-order valence-corrected chi connectivity index (χ1v) is 8.63. The maximum absolute atomic E-state index is 4.76. The monoisotopic (exact) mass is 300 g/mol. The summed E-state index contributed by atoms with van der Waals surface area (Å²) in [6.45, 7) is 2.28. The summed E-state index contributed by atoms with van der Waals surface area (Å²) < 4.78 is 0. The maximum Gasteiger partial charge on any atom is 0.0627 e. The summed E-state index contributed by atoms with van der Waals surface area (Å²) in [4.78, 5) is 7.03. The number of thiocarbonyl (C=S) groups is 1. The van der Waals surface area contributed by atoms with E-state index in [-0.39, 0.29) is 5.54 Å². The molecule has 112 valence electrons. The molecule has 0 radical (unpaired) electrons. The lowest BCUT2D eigenvalue weighted by molar-refractivity contribution is 0.0264. The second-order valence-electron chi connectivity index (χ2n) is 6.40. The van der Waals surface area contributed by atoms with Crippen molar-refractivity contribution in [2.24, 2.45) is 4.99 Å². The Hall–Kier alpha value is -1.02. The van der Waals surface area contributed by atoms with Crippen LogP contribution >= 0.6 is 12.2 Å². The molecular formula is C18H24N2S. The van der Waals surface area contributed by atoms with Crippen LogP contribution in [0.3, 0.4) is 0 Å². The van der Waals surface area contributed by atoms with E-state index in [1.807, 2.05) is 0 Å². The molecule has 1 heterocycles. The molecule has 2 fully saturated rings. The van der Waals surface area contributed by atoms with E-state index in [2.05, 4.69) is 45.4 Å². The van der Waals surface area contributed by atoms with Gasteiger partial charge < -0.3 is 0 Å². The third kappa shape index (κ3) is 3.11. The van der Waals surface area contributed by atoms with Crippen LogP contribution in [0, 0.1) is 0 Å². The minimum absolute atomic E-state index is 0.270. The topological polar surface area (TPSA) is 15.6 Å². The molecule has 1 aromatic carbocycles. The SMILES string of the molecule is S=C=NC1CCN(C2(c3ccccc3)CCCCC2)CC1. The Bertz CT molecular complexity index is 493. The molecule has 0 bridgehead atoms. The van der Waals surface area contributed by atoms with Gasteiger partial charge in [-0.15, -0.1) is 0 Å². The van der Waals surface area contributed by atoms with Crippen LogP contribution in [-0.4, -0.2) is 29.2 Å². The average Bonchev–Trinajstić information content (AvgIpc) is 2.57. The van der Waals surface area contributed by atoms with E-state index >= 15 is 0 Å². The number of rotatable bonds is 3. The van der Waals surface area contributed by atoms with Gasteiger partial charge >= 0.3 is 0 Å². The Morgan fingerprint density at radius 1 is 1.05 bits per heavy atom. The minimum atomic E-state index is 0.270. The van der Waals surface area contributed by atoms with E-state index in [0.717, 1.165) is 25.9 Å². The summed E-state index contributed by atoms with van der Waals surface area (Å²) >= 11 is 4.76. The van der Waals surface area contributed by atoms with Crippen molar-refractivity contribution in [1.82, 2.24) is 4.90 Å². The number of benzene rings is 1. The Morgan fingerprint density at radius 3 is 2.33 bits per heavy atom. The molecule has 1 aromatic rings. The zero-order chi connectivity index (χ0) is 14.5. The molecule has 1 saturated carbocycles. The van der Waals surface area contributed by atoms with Crippen LogP contribution in [0.5, 0.6) is 0 Å². The highest BCUT2D eigenvalue weighted by atomic mass is 32.1. The van der Waals surface area contributed by atoms with E-state index in [9.17, 15) is 0 Å². The number of isothiocyanates is 1. The lowest BCUT2D eigenvalue weighted by Gasteiger charge is -2.49. The van der Waals surface area contributed by atoms with Crippen molar-refractivity contribution < 1.29 is 0 Å². The predicted molar refractivity (Wildman–Crippen MR) is 90.8 cm³/mol. The third-order valence-electron chi connectivity index (χ3n) is 5.30. The molecule has 3 rings (SSSR count). The molecule has 2 aliphatic rings. The molecule has 2 nitrogen and oxygen atoms in total. The van der Waals surface area contributed by atoms with Gasteiger partial charge in [0.25, 0.3) is 0 Å². The predicted octanol–water partition coefficient (Wildman–Crippen LogP) is 4.41. The number of nitrogens with zero attached hydrogens (tertiary/aromatic N) is 2. The van der Waals surface area contributed by atoms with Crippen molar-refractivity contribution in [1.29, 1.82) is 0 Å². The van der Waals surface area contributed by atoms with Crippen molar-refractivity contribution in [3.63, 3.8) is 0 Å². The highest BCUT2D eigenvalue weighted by Crippen LogP contribution is 2.43. The van der Waals surface area contributed by atoms with Gasteiger partial charge in [0.2, 0.25) is 0 Å². The number of likely N-dealkylation sites (tertiary alicyclic amines) is 1. The second-order valence-corrected chi connectivity index (χ2v) is 6.58. The largest absolute Gasteiger partial charge is 0.293 e. The Kier molecular flexibility index (Phi) is 4.84. The summed E-state index contributed by atoms with van der Waals surface area (Å²) in [6, 6.07) is 11.6. The molecule has 1 aliphatic carbocycles. The molecule has 0 spiro atoms. The summed E-state index contributed by atoms with van der Waals surface area (Å²) in [7, 11) is 0.